The van der Waals surface area contributed by atoms with Crippen molar-refractivity contribution in [2.45, 2.75) is 53.1 Å². The Balaban J connectivity index is 2.04. The van der Waals surface area contributed by atoms with Crippen LogP contribution in [-0.4, -0.2) is 17.0 Å². The van der Waals surface area contributed by atoms with Crippen LogP contribution in [0, 0.1) is 12.3 Å². The number of hydrogen-bond acceptors (Lipinski definition) is 4. The minimum atomic E-state index is 0.261. The van der Waals surface area contributed by atoms with Gasteiger partial charge in [-0.3, -0.25) is 4.99 Å². The minimum absolute atomic E-state index is 0.261. The molecular weight excluding hydrogens is 272 g/mol. The number of thiophene rings is 1. The molecule has 1 N–H and O–H groups in total. The number of amidine groups is 1. The fourth-order valence-electron chi connectivity index (χ4n) is 2.16. The summed E-state index contributed by atoms with van der Waals surface area (Å²) in [7, 11) is 0. The Bertz CT molecular complexity index is 457. The van der Waals surface area contributed by atoms with Crippen LogP contribution < -0.4 is 5.32 Å². The van der Waals surface area contributed by atoms with E-state index in [0.29, 0.717) is 12.1 Å². The fourth-order valence-corrected chi connectivity index (χ4v) is 4.03. The van der Waals surface area contributed by atoms with E-state index < -0.39 is 0 Å². The highest BCUT2D eigenvalue weighted by molar-refractivity contribution is 8.13. The van der Waals surface area contributed by atoms with Crippen LogP contribution in [0.1, 0.15) is 49.9 Å². The molecule has 19 heavy (non-hydrogen) atoms. The lowest BCUT2D eigenvalue weighted by atomic mass is 9.85. The summed E-state index contributed by atoms with van der Waals surface area (Å²) in [4.78, 5) is 7.66. The van der Waals surface area contributed by atoms with E-state index in [0.717, 1.165) is 5.17 Å². The number of nitrogens with one attached hydrogen (secondary N) is 1. The maximum Gasteiger partial charge on any atom is 0.157 e. The summed E-state index contributed by atoms with van der Waals surface area (Å²) >= 11 is 3.72. The predicted octanol–water partition coefficient (Wildman–Crippen LogP) is 4.61. The van der Waals surface area contributed by atoms with Gasteiger partial charge in [-0.05, 0) is 37.8 Å². The Hall–Kier alpha value is -0.480. The molecule has 0 amide bonds. The van der Waals surface area contributed by atoms with Crippen molar-refractivity contribution in [2.75, 3.05) is 5.75 Å². The molecule has 2 heterocycles. The second kappa shape index (κ2) is 5.88. The molecule has 0 bridgehead atoms. The number of hydrogen-bond donors (Lipinski definition) is 1. The molecule has 0 spiro atoms. The second-order valence-electron chi connectivity index (χ2n) is 6.27. The highest BCUT2D eigenvalue weighted by Gasteiger charge is 2.27. The van der Waals surface area contributed by atoms with Crippen LogP contribution in [0.3, 0.4) is 0 Å². The summed E-state index contributed by atoms with van der Waals surface area (Å²) < 4.78 is 0. The first kappa shape index (κ1) is 14.9. The Kier molecular flexibility index (Phi) is 4.62. The molecule has 0 saturated heterocycles. The molecule has 106 valence electrons. The van der Waals surface area contributed by atoms with Crippen LogP contribution in [0.25, 0.3) is 0 Å². The minimum Gasteiger partial charge on any atom is -0.358 e. The summed E-state index contributed by atoms with van der Waals surface area (Å²) in [5.74, 6) is 1.17. The first-order valence-electron chi connectivity index (χ1n) is 6.90. The number of rotatable bonds is 2. The molecule has 0 fully saturated rings. The van der Waals surface area contributed by atoms with Crippen LogP contribution >= 0.6 is 23.1 Å². The fraction of sp³-hybridized carbons (Fsp3) is 0.667. The molecule has 0 radical (unpaired) electrons. The van der Waals surface area contributed by atoms with Crippen molar-refractivity contribution >= 4 is 28.3 Å². The largest absolute Gasteiger partial charge is 0.358 e. The highest BCUT2D eigenvalue weighted by Crippen LogP contribution is 2.31. The van der Waals surface area contributed by atoms with E-state index in [9.17, 15) is 0 Å². The zero-order valence-corrected chi connectivity index (χ0v) is 14.1. The van der Waals surface area contributed by atoms with Gasteiger partial charge in [0.2, 0.25) is 0 Å². The van der Waals surface area contributed by atoms with Gasteiger partial charge in [0.15, 0.2) is 5.17 Å². The van der Waals surface area contributed by atoms with Gasteiger partial charge in [0.1, 0.15) is 0 Å². The zero-order chi connectivity index (χ0) is 14.0. The van der Waals surface area contributed by atoms with Crippen LogP contribution in [0.5, 0.6) is 0 Å². The molecule has 2 rings (SSSR count). The van der Waals surface area contributed by atoms with Crippen molar-refractivity contribution in [1.82, 2.24) is 5.32 Å². The van der Waals surface area contributed by atoms with Gasteiger partial charge >= 0.3 is 0 Å². The molecule has 0 aliphatic carbocycles. The smallest absolute Gasteiger partial charge is 0.157 e. The van der Waals surface area contributed by atoms with E-state index >= 15 is 0 Å². The first-order chi connectivity index (χ1) is 8.86. The molecule has 4 heteroatoms. The topological polar surface area (TPSA) is 24.4 Å². The standard InChI is InChI=1S/C15H24N2S2/c1-10-6-7-12(19-10)11(2)16-14-17-13(8-9-18-14)15(3,4)5/h6-7,11,13H,8-9H2,1-5H3,(H,16,17). The maximum atomic E-state index is 4.90. The quantitative estimate of drug-likeness (QED) is 0.861. The van der Waals surface area contributed by atoms with Crippen LogP contribution in [0.15, 0.2) is 17.1 Å². The highest BCUT2D eigenvalue weighted by atomic mass is 32.2. The maximum absolute atomic E-state index is 4.90. The first-order valence-corrected chi connectivity index (χ1v) is 8.70. The average molecular weight is 297 g/mol. The number of aliphatic imine (C=N–C) groups is 1. The van der Waals surface area contributed by atoms with Crippen molar-refractivity contribution in [3.8, 4) is 0 Å². The van der Waals surface area contributed by atoms with E-state index in [4.69, 9.17) is 4.99 Å². The SMILES string of the molecule is Cc1ccc(C(C)NC2=NC(C(C)(C)C)CCS2)s1. The monoisotopic (exact) mass is 296 g/mol. The van der Waals surface area contributed by atoms with Crippen molar-refractivity contribution in [3.63, 3.8) is 0 Å². The molecule has 2 nitrogen and oxygen atoms in total. The van der Waals surface area contributed by atoms with Gasteiger partial charge in [0.05, 0.1) is 12.1 Å². The summed E-state index contributed by atoms with van der Waals surface area (Å²) in [5, 5.41) is 4.69. The Morgan fingerprint density at radius 3 is 2.68 bits per heavy atom. The van der Waals surface area contributed by atoms with Gasteiger partial charge in [0, 0.05) is 15.5 Å². The normalized spacial score (nSPS) is 21.9. The molecule has 1 aromatic heterocycles. The Morgan fingerprint density at radius 2 is 2.11 bits per heavy atom. The summed E-state index contributed by atoms with van der Waals surface area (Å²) in [6.07, 6.45) is 1.19. The third kappa shape index (κ3) is 3.99. The lowest BCUT2D eigenvalue weighted by molar-refractivity contribution is 0.315. The predicted molar refractivity (Wildman–Crippen MR) is 88.4 cm³/mol. The van der Waals surface area contributed by atoms with E-state index in [1.54, 1.807) is 0 Å². The molecule has 0 aromatic carbocycles. The van der Waals surface area contributed by atoms with Gasteiger partial charge in [-0.15, -0.1) is 11.3 Å². The van der Waals surface area contributed by atoms with E-state index in [2.05, 4.69) is 52.1 Å². The Labute approximate surface area is 125 Å². The third-order valence-electron chi connectivity index (χ3n) is 3.43. The number of aryl methyl sites for hydroxylation is 1. The molecule has 2 atom stereocenters. The van der Waals surface area contributed by atoms with Crippen molar-refractivity contribution in [2.24, 2.45) is 10.4 Å². The molecule has 0 saturated carbocycles. The summed E-state index contributed by atoms with van der Waals surface area (Å²) in [6.45, 7) is 11.2. The number of thioether (sulfide) groups is 1. The van der Waals surface area contributed by atoms with Gasteiger partial charge in [-0.25, -0.2) is 0 Å². The van der Waals surface area contributed by atoms with Gasteiger partial charge in [-0.1, -0.05) is 32.5 Å². The van der Waals surface area contributed by atoms with Crippen molar-refractivity contribution < 1.29 is 0 Å². The van der Waals surface area contributed by atoms with E-state index in [1.807, 2.05) is 23.1 Å². The van der Waals surface area contributed by atoms with Crippen molar-refractivity contribution in [1.29, 1.82) is 0 Å². The van der Waals surface area contributed by atoms with Crippen molar-refractivity contribution in [3.05, 3.63) is 21.9 Å². The lowest BCUT2D eigenvalue weighted by Gasteiger charge is -2.31. The van der Waals surface area contributed by atoms with Gasteiger partial charge in [0.25, 0.3) is 0 Å². The molecule has 2 unspecified atom stereocenters. The molecular formula is C15H24N2S2. The average Bonchev–Trinajstić information content (AvgIpc) is 2.75. The van der Waals surface area contributed by atoms with Crippen LogP contribution in [0.2, 0.25) is 0 Å². The Morgan fingerprint density at radius 1 is 1.37 bits per heavy atom. The molecule has 1 aliphatic heterocycles. The third-order valence-corrected chi connectivity index (χ3v) is 5.55. The van der Waals surface area contributed by atoms with E-state index in [1.165, 1.54) is 21.9 Å². The summed E-state index contributed by atoms with van der Waals surface area (Å²) in [5.41, 5.74) is 0.261. The van der Waals surface area contributed by atoms with E-state index in [-0.39, 0.29) is 5.41 Å². The molecule has 1 aliphatic rings. The second-order valence-corrected chi connectivity index (χ2v) is 8.67. The van der Waals surface area contributed by atoms with Crippen LogP contribution in [0.4, 0.5) is 0 Å². The molecule has 1 aromatic rings. The van der Waals surface area contributed by atoms with Crippen LogP contribution in [-0.2, 0) is 0 Å². The summed E-state index contributed by atoms with van der Waals surface area (Å²) in [6, 6.07) is 5.19. The zero-order valence-electron chi connectivity index (χ0n) is 12.5. The number of nitrogens with zero attached hydrogens (tertiary/aromatic N) is 1. The van der Waals surface area contributed by atoms with Gasteiger partial charge in [-0.2, -0.15) is 0 Å². The van der Waals surface area contributed by atoms with Gasteiger partial charge < -0.3 is 5.32 Å². The lowest BCUT2D eigenvalue weighted by Crippen LogP contribution is -2.34.